The summed E-state index contributed by atoms with van der Waals surface area (Å²) < 4.78 is 4.43. The van der Waals surface area contributed by atoms with Gasteiger partial charge in [0.05, 0.1) is 19.3 Å². The molecule has 142 valence electrons. The Hall–Kier alpha value is -2.73. The molecule has 12 heteroatoms. The van der Waals surface area contributed by atoms with E-state index in [4.69, 9.17) is 31.9 Å². The van der Waals surface area contributed by atoms with Gasteiger partial charge in [0.25, 0.3) is 0 Å². The van der Waals surface area contributed by atoms with Crippen molar-refractivity contribution in [1.29, 1.82) is 0 Å². The number of carbonyl (C=O) groups is 5. The number of carboxylic acid groups (broad SMARTS) is 4. The second-order valence-electron chi connectivity index (χ2n) is 5.47. The smallest absolute Gasteiger partial charge is 0.341 e. The molecule has 0 aromatic carbocycles. The molecule has 0 amide bonds. The minimum Gasteiger partial charge on any atom is -0.481 e. The fourth-order valence-corrected chi connectivity index (χ4v) is 2.60. The SMILES string of the molecule is NCCC(CC(=O)O)(CC(=O)O)C(N)(CC(=O)O)C(=O)OCC(=O)O. The van der Waals surface area contributed by atoms with Gasteiger partial charge in [-0.2, -0.15) is 0 Å². The van der Waals surface area contributed by atoms with Crippen LogP contribution in [0.2, 0.25) is 0 Å². The number of aliphatic carboxylic acids is 4. The first kappa shape index (κ1) is 22.3. The van der Waals surface area contributed by atoms with Gasteiger partial charge in [0, 0.05) is 5.41 Å². The minimum atomic E-state index is -2.62. The van der Waals surface area contributed by atoms with Crippen molar-refractivity contribution in [3.63, 3.8) is 0 Å². The average Bonchev–Trinajstić information content (AvgIpc) is 2.42. The van der Waals surface area contributed by atoms with Crippen molar-refractivity contribution in [2.75, 3.05) is 13.2 Å². The molecule has 0 rings (SSSR count). The van der Waals surface area contributed by atoms with Gasteiger partial charge in [-0.1, -0.05) is 0 Å². The van der Waals surface area contributed by atoms with Crippen LogP contribution in [0.3, 0.4) is 0 Å². The zero-order valence-electron chi connectivity index (χ0n) is 13.1. The van der Waals surface area contributed by atoms with Gasteiger partial charge in [-0.3, -0.25) is 19.2 Å². The van der Waals surface area contributed by atoms with E-state index in [-0.39, 0.29) is 6.54 Å². The third-order valence-corrected chi connectivity index (χ3v) is 3.67. The predicted octanol–water partition coefficient (Wildman–Crippen LogP) is -1.93. The topological polar surface area (TPSA) is 228 Å². The number of hydrogen-bond donors (Lipinski definition) is 6. The van der Waals surface area contributed by atoms with Crippen molar-refractivity contribution in [3.05, 3.63) is 0 Å². The van der Waals surface area contributed by atoms with Gasteiger partial charge in [0.1, 0.15) is 5.54 Å². The molecule has 0 aliphatic heterocycles. The number of hydrogen-bond acceptors (Lipinski definition) is 8. The fraction of sp³-hybridized carbons (Fsp3) is 0.615. The summed E-state index contributed by atoms with van der Waals surface area (Å²) in [5, 5.41) is 35.8. The summed E-state index contributed by atoms with van der Waals surface area (Å²) in [6.07, 6.45) is -3.56. The minimum absolute atomic E-state index is 0.300. The van der Waals surface area contributed by atoms with E-state index in [1.165, 1.54) is 0 Å². The molecule has 1 unspecified atom stereocenters. The Morgan fingerprint density at radius 2 is 1.24 bits per heavy atom. The standard InChI is InChI=1S/C13H20N2O10/c14-2-1-12(3-7(16)17,4-8(18)19)13(15,5-9(20)21)11(24)25-6-10(22)23/h1-6,14-15H2,(H,16,17)(H,18,19)(H,20,21)(H,22,23). The van der Waals surface area contributed by atoms with Crippen molar-refractivity contribution < 1.29 is 49.1 Å². The van der Waals surface area contributed by atoms with Crippen molar-refractivity contribution in [2.45, 2.75) is 31.2 Å². The summed E-state index contributed by atoms with van der Waals surface area (Å²) in [5.74, 6) is -7.81. The number of carbonyl (C=O) groups excluding carboxylic acids is 1. The lowest BCUT2D eigenvalue weighted by Crippen LogP contribution is -2.64. The molecule has 0 aliphatic rings. The summed E-state index contributed by atoms with van der Waals surface area (Å²) in [6, 6.07) is 0. The van der Waals surface area contributed by atoms with Gasteiger partial charge < -0.3 is 36.6 Å². The quantitative estimate of drug-likeness (QED) is 0.208. The first-order valence-corrected chi connectivity index (χ1v) is 6.93. The molecule has 0 saturated heterocycles. The maximum Gasteiger partial charge on any atom is 0.341 e. The molecule has 0 heterocycles. The van der Waals surface area contributed by atoms with Crippen molar-refractivity contribution in [1.82, 2.24) is 0 Å². The number of rotatable bonds is 12. The van der Waals surface area contributed by atoms with Crippen LogP contribution in [-0.2, 0) is 28.7 Å². The highest BCUT2D eigenvalue weighted by Gasteiger charge is 2.57. The van der Waals surface area contributed by atoms with Gasteiger partial charge in [-0.05, 0) is 13.0 Å². The van der Waals surface area contributed by atoms with Gasteiger partial charge >= 0.3 is 29.8 Å². The van der Waals surface area contributed by atoms with E-state index in [9.17, 15) is 24.0 Å². The normalized spacial score (nSPS) is 13.5. The Morgan fingerprint density at radius 1 is 0.800 bits per heavy atom. The molecular weight excluding hydrogens is 344 g/mol. The third kappa shape index (κ3) is 6.00. The van der Waals surface area contributed by atoms with Crippen LogP contribution in [-0.4, -0.2) is 69.0 Å². The van der Waals surface area contributed by atoms with Gasteiger partial charge in [0.15, 0.2) is 6.61 Å². The number of nitrogens with two attached hydrogens (primary N) is 2. The van der Waals surface area contributed by atoms with Gasteiger partial charge in [-0.15, -0.1) is 0 Å². The molecule has 0 aromatic heterocycles. The second kappa shape index (κ2) is 8.94. The highest BCUT2D eigenvalue weighted by Crippen LogP contribution is 2.43. The Morgan fingerprint density at radius 3 is 1.56 bits per heavy atom. The van der Waals surface area contributed by atoms with E-state index in [1.807, 2.05) is 0 Å². The van der Waals surface area contributed by atoms with E-state index >= 15 is 0 Å². The lowest BCUT2D eigenvalue weighted by atomic mass is 9.62. The Kier molecular flexibility index (Phi) is 7.96. The van der Waals surface area contributed by atoms with Crippen LogP contribution in [0.1, 0.15) is 25.7 Å². The lowest BCUT2D eigenvalue weighted by molar-refractivity contribution is -0.170. The zero-order chi connectivity index (χ0) is 19.8. The molecule has 12 nitrogen and oxygen atoms in total. The van der Waals surface area contributed by atoms with Crippen LogP contribution >= 0.6 is 0 Å². The Labute approximate surface area is 141 Å². The molecule has 0 aliphatic carbocycles. The molecule has 0 aromatic rings. The van der Waals surface area contributed by atoms with Crippen LogP contribution in [0.4, 0.5) is 0 Å². The molecule has 1 atom stereocenters. The molecular formula is C13H20N2O10. The fourth-order valence-electron chi connectivity index (χ4n) is 2.60. The third-order valence-electron chi connectivity index (χ3n) is 3.67. The van der Waals surface area contributed by atoms with E-state index in [0.29, 0.717) is 0 Å². The Bertz CT molecular complexity index is 545. The summed E-state index contributed by atoms with van der Waals surface area (Å²) in [7, 11) is 0. The molecule has 0 spiro atoms. The lowest BCUT2D eigenvalue weighted by Gasteiger charge is -2.44. The zero-order valence-corrected chi connectivity index (χ0v) is 13.1. The maximum atomic E-state index is 12.3. The van der Waals surface area contributed by atoms with E-state index in [2.05, 4.69) is 4.74 Å². The maximum absolute atomic E-state index is 12.3. The van der Waals surface area contributed by atoms with E-state index in [1.54, 1.807) is 0 Å². The molecule has 25 heavy (non-hydrogen) atoms. The van der Waals surface area contributed by atoms with Crippen LogP contribution in [0.5, 0.6) is 0 Å². The van der Waals surface area contributed by atoms with Crippen molar-refractivity contribution in [3.8, 4) is 0 Å². The summed E-state index contributed by atoms with van der Waals surface area (Å²) in [6.45, 7) is -1.46. The molecule has 0 radical (unpaired) electrons. The molecule has 0 fully saturated rings. The molecule has 8 N–H and O–H groups in total. The van der Waals surface area contributed by atoms with Gasteiger partial charge in [0.2, 0.25) is 0 Å². The average molecular weight is 364 g/mol. The van der Waals surface area contributed by atoms with E-state index in [0.717, 1.165) is 0 Å². The number of ether oxygens (including phenoxy) is 1. The molecule has 0 bridgehead atoms. The van der Waals surface area contributed by atoms with Crippen LogP contribution in [0.25, 0.3) is 0 Å². The van der Waals surface area contributed by atoms with Crippen LogP contribution in [0, 0.1) is 5.41 Å². The van der Waals surface area contributed by atoms with Gasteiger partial charge in [-0.25, -0.2) is 4.79 Å². The second-order valence-corrected chi connectivity index (χ2v) is 5.47. The van der Waals surface area contributed by atoms with Crippen molar-refractivity contribution in [2.24, 2.45) is 16.9 Å². The predicted molar refractivity (Wildman–Crippen MR) is 78.4 cm³/mol. The van der Waals surface area contributed by atoms with E-state index < -0.39 is 73.1 Å². The van der Waals surface area contributed by atoms with Crippen LogP contribution < -0.4 is 11.5 Å². The summed E-state index contributed by atoms with van der Waals surface area (Å²) in [4.78, 5) is 56.4. The summed E-state index contributed by atoms with van der Waals surface area (Å²) in [5.41, 5.74) is 6.52. The highest BCUT2D eigenvalue weighted by atomic mass is 16.6. The first-order valence-electron chi connectivity index (χ1n) is 6.93. The summed E-state index contributed by atoms with van der Waals surface area (Å²) >= 11 is 0. The Balaban J connectivity index is 6.23. The first-order chi connectivity index (χ1) is 11.4. The number of esters is 1. The van der Waals surface area contributed by atoms with Crippen LogP contribution in [0.15, 0.2) is 0 Å². The monoisotopic (exact) mass is 364 g/mol. The highest BCUT2D eigenvalue weighted by molar-refractivity contribution is 5.90. The largest absolute Gasteiger partial charge is 0.481 e. The molecule has 0 saturated carbocycles. The van der Waals surface area contributed by atoms with Crippen molar-refractivity contribution >= 4 is 29.8 Å². The number of carboxylic acids is 4.